The standard InChI is InChI=1S/C14H23N3S/c1-11-8-12(2)10-13(9-11)16-14(18)15-6-5-7-17(3)4/h8-10H,5-7H2,1-4H3,(H2,15,16,18). The van der Waals surface area contributed by atoms with Crippen molar-refractivity contribution in [2.24, 2.45) is 0 Å². The summed E-state index contributed by atoms with van der Waals surface area (Å²) in [7, 11) is 4.15. The largest absolute Gasteiger partial charge is 0.362 e. The number of aryl methyl sites for hydroxylation is 2. The Kier molecular flexibility index (Phi) is 6.09. The number of benzene rings is 1. The van der Waals surface area contributed by atoms with Crippen molar-refractivity contribution in [3.63, 3.8) is 0 Å². The van der Waals surface area contributed by atoms with Gasteiger partial charge in [0.25, 0.3) is 0 Å². The van der Waals surface area contributed by atoms with Gasteiger partial charge in [0.1, 0.15) is 0 Å². The molecule has 0 fully saturated rings. The van der Waals surface area contributed by atoms with Crippen molar-refractivity contribution in [1.82, 2.24) is 10.2 Å². The van der Waals surface area contributed by atoms with E-state index in [1.165, 1.54) is 11.1 Å². The average molecular weight is 265 g/mol. The molecule has 0 saturated carbocycles. The van der Waals surface area contributed by atoms with Crippen molar-refractivity contribution in [1.29, 1.82) is 0 Å². The molecule has 0 saturated heterocycles. The molecule has 4 heteroatoms. The van der Waals surface area contributed by atoms with Gasteiger partial charge in [0.05, 0.1) is 0 Å². The van der Waals surface area contributed by atoms with E-state index in [1.807, 2.05) is 0 Å². The highest BCUT2D eigenvalue weighted by atomic mass is 32.1. The smallest absolute Gasteiger partial charge is 0.170 e. The molecule has 1 rings (SSSR count). The van der Waals surface area contributed by atoms with Gasteiger partial charge in [-0.1, -0.05) is 6.07 Å². The van der Waals surface area contributed by atoms with Gasteiger partial charge in [-0.3, -0.25) is 0 Å². The summed E-state index contributed by atoms with van der Waals surface area (Å²) in [5.74, 6) is 0. The second-order valence-electron chi connectivity index (χ2n) is 4.91. The minimum atomic E-state index is 0.693. The number of nitrogens with zero attached hydrogens (tertiary/aromatic N) is 1. The molecule has 0 heterocycles. The highest BCUT2D eigenvalue weighted by Gasteiger charge is 1.99. The lowest BCUT2D eigenvalue weighted by atomic mass is 10.1. The van der Waals surface area contributed by atoms with E-state index in [0.29, 0.717) is 5.11 Å². The zero-order valence-corrected chi connectivity index (χ0v) is 12.5. The molecule has 0 atom stereocenters. The Hall–Kier alpha value is -1.13. The molecule has 0 aliphatic rings. The van der Waals surface area contributed by atoms with Crippen LogP contribution in [0, 0.1) is 13.8 Å². The molecule has 0 aliphatic heterocycles. The van der Waals surface area contributed by atoms with Crippen LogP contribution >= 0.6 is 12.2 Å². The van der Waals surface area contributed by atoms with Gasteiger partial charge >= 0.3 is 0 Å². The van der Waals surface area contributed by atoms with Gasteiger partial charge in [0.2, 0.25) is 0 Å². The molecular weight excluding hydrogens is 242 g/mol. The van der Waals surface area contributed by atoms with E-state index in [0.717, 1.165) is 25.2 Å². The first kappa shape index (κ1) is 14.9. The topological polar surface area (TPSA) is 27.3 Å². The van der Waals surface area contributed by atoms with Gasteiger partial charge in [-0.05, 0) is 76.4 Å². The number of hydrogen-bond acceptors (Lipinski definition) is 2. The first-order chi connectivity index (χ1) is 8.47. The SMILES string of the molecule is Cc1cc(C)cc(NC(=S)NCCCN(C)C)c1. The van der Waals surface area contributed by atoms with Crippen molar-refractivity contribution in [2.75, 3.05) is 32.5 Å². The van der Waals surface area contributed by atoms with Gasteiger partial charge in [-0.25, -0.2) is 0 Å². The quantitative estimate of drug-likeness (QED) is 0.632. The summed E-state index contributed by atoms with van der Waals surface area (Å²) < 4.78 is 0. The van der Waals surface area contributed by atoms with Crippen LogP contribution in [0.2, 0.25) is 0 Å². The maximum atomic E-state index is 5.27. The molecule has 0 aromatic heterocycles. The Balaban J connectivity index is 2.35. The molecule has 1 aromatic carbocycles. The molecule has 3 nitrogen and oxygen atoms in total. The molecule has 18 heavy (non-hydrogen) atoms. The molecule has 0 amide bonds. The molecule has 0 unspecified atom stereocenters. The number of thiocarbonyl (C=S) groups is 1. The van der Waals surface area contributed by atoms with Crippen LogP contribution in [0.15, 0.2) is 18.2 Å². The second-order valence-corrected chi connectivity index (χ2v) is 5.32. The van der Waals surface area contributed by atoms with Crippen LogP contribution in [0.5, 0.6) is 0 Å². The third kappa shape index (κ3) is 5.98. The summed E-state index contributed by atoms with van der Waals surface area (Å²) in [5.41, 5.74) is 3.54. The van der Waals surface area contributed by atoms with E-state index in [2.05, 4.69) is 61.7 Å². The minimum absolute atomic E-state index is 0.693. The molecule has 0 radical (unpaired) electrons. The molecule has 2 N–H and O–H groups in total. The Morgan fingerprint density at radius 1 is 1.17 bits per heavy atom. The Bertz CT molecular complexity index is 382. The van der Waals surface area contributed by atoms with Gasteiger partial charge < -0.3 is 15.5 Å². The van der Waals surface area contributed by atoms with E-state index < -0.39 is 0 Å². The minimum Gasteiger partial charge on any atom is -0.362 e. The van der Waals surface area contributed by atoms with Crippen LogP contribution in [0.4, 0.5) is 5.69 Å². The van der Waals surface area contributed by atoms with Crippen LogP contribution in [0.1, 0.15) is 17.5 Å². The molecule has 0 spiro atoms. The predicted octanol–water partition coefficient (Wildman–Crippen LogP) is 2.54. The van der Waals surface area contributed by atoms with Crippen LogP contribution in [0.3, 0.4) is 0 Å². The fourth-order valence-corrected chi connectivity index (χ4v) is 2.04. The zero-order chi connectivity index (χ0) is 13.5. The Morgan fingerprint density at radius 2 is 1.78 bits per heavy atom. The average Bonchev–Trinajstić information content (AvgIpc) is 2.22. The number of anilines is 1. The second kappa shape index (κ2) is 7.34. The third-order valence-corrected chi connectivity index (χ3v) is 2.79. The van der Waals surface area contributed by atoms with E-state index in [4.69, 9.17) is 12.2 Å². The summed E-state index contributed by atoms with van der Waals surface area (Å²) >= 11 is 5.27. The van der Waals surface area contributed by atoms with Crippen molar-refractivity contribution < 1.29 is 0 Å². The summed E-state index contributed by atoms with van der Waals surface area (Å²) in [6.07, 6.45) is 1.08. The summed E-state index contributed by atoms with van der Waals surface area (Å²) in [6.45, 7) is 6.14. The lowest BCUT2D eigenvalue weighted by Gasteiger charge is -2.13. The Morgan fingerprint density at radius 3 is 2.33 bits per heavy atom. The fraction of sp³-hybridized carbons (Fsp3) is 0.500. The lowest BCUT2D eigenvalue weighted by molar-refractivity contribution is 0.400. The number of rotatable bonds is 5. The van der Waals surface area contributed by atoms with Gasteiger partial charge in [0, 0.05) is 12.2 Å². The summed E-state index contributed by atoms with van der Waals surface area (Å²) in [6, 6.07) is 6.35. The molecular formula is C14H23N3S. The first-order valence-electron chi connectivity index (χ1n) is 6.25. The number of hydrogen-bond donors (Lipinski definition) is 2. The third-order valence-electron chi connectivity index (χ3n) is 2.55. The molecule has 100 valence electrons. The summed E-state index contributed by atoms with van der Waals surface area (Å²) in [4.78, 5) is 2.17. The van der Waals surface area contributed by atoms with Crippen LogP contribution in [-0.4, -0.2) is 37.2 Å². The monoisotopic (exact) mass is 265 g/mol. The summed E-state index contributed by atoms with van der Waals surface area (Å²) in [5, 5.41) is 7.13. The highest BCUT2D eigenvalue weighted by Crippen LogP contribution is 2.13. The normalized spacial score (nSPS) is 10.5. The maximum absolute atomic E-state index is 5.27. The molecule has 0 aliphatic carbocycles. The van der Waals surface area contributed by atoms with E-state index >= 15 is 0 Å². The van der Waals surface area contributed by atoms with Gasteiger partial charge in [-0.15, -0.1) is 0 Å². The van der Waals surface area contributed by atoms with E-state index in [1.54, 1.807) is 0 Å². The predicted molar refractivity (Wildman–Crippen MR) is 83.3 cm³/mol. The fourth-order valence-electron chi connectivity index (χ4n) is 1.82. The van der Waals surface area contributed by atoms with Gasteiger partial charge in [-0.2, -0.15) is 0 Å². The zero-order valence-electron chi connectivity index (χ0n) is 11.7. The van der Waals surface area contributed by atoms with Gasteiger partial charge in [0.15, 0.2) is 5.11 Å². The van der Waals surface area contributed by atoms with Crippen LogP contribution < -0.4 is 10.6 Å². The van der Waals surface area contributed by atoms with Crippen molar-refractivity contribution >= 4 is 23.0 Å². The van der Waals surface area contributed by atoms with Crippen LogP contribution in [0.25, 0.3) is 0 Å². The molecule has 1 aromatic rings. The number of nitrogens with one attached hydrogen (secondary N) is 2. The van der Waals surface area contributed by atoms with Crippen molar-refractivity contribution in [3.8, 4) is 0 Å². The Labute approximate surface area is 116 Å². The van der Waals surface area contributed by atoms with Crippen LogP contribution in [-0.2, 0) is 0 Å². The molecule has 0 bridgehead atoms. The van der Waals surface area contributed by atoms with E-state index in [-0.39, 0.29) is 0 Å². The highest BCUT2D eigenvalue weighted by molar-refractivity contribution is 7.80. The maximum Gasteiger partial charge on any atom is 0.170 e. The van der Waals surface area contributed by atoms with E-state index in [9.17, 15) is 0 Å². The van der Waals surface area contributed by atoms with Crippen molar-refractivity contribution in [3.05, 3.63) is 29.3 Å². The van der Waals surface area contributed by atoms with Crippen molar-refractivity contribution in [2.45, 2.75) is 20.3 Å². The first-order valence-corrected chi connectivity index (χ1v) is 6.66. The lowest BCUT2D eigenvalue weighted by Crippen LogP contribution is -2.30.